The van der Waals surface area contributed by atoms with E-state index in [2.05, 4.69) is 4.99 Å². The summed E-state index contributed by atoms with van der Waals surface area (Å²) in [6.45, 7) is 2.50. The minimum atomic E-state index is -0.357. The molecular formula is C9H20N4O. The smallest absolute Gasteiger partial charge is 0.185 e. The molecule has 6 N–H and O–H groups in total. The van der Waals surface area contributed by atoms with Crippen LogP contribution in [0.3, 0.4) is 0 Å². The third-order valence-corrected chi connectivity index (χ3v) is 1.88. The Hall–Kier alpha value is -1.10. The van der Waals surface area contributed by atoms with Crippen LogP contribution in [0.15, 0.2) is 4.99 Å². The van der Waals surface area contributed by atoms with Crippen molar-refractivity contribution >= 4 is 11.7 Å². The van der Waals surface area contributed by atoms with Crippen LogP contribution in [0.4, 0.5) is 0 Å². The van der Waals surface area contributed by atoms with Gasteiger partial charge in [0.15, 0.2) is 5.96 Å². The fraction of sp³-hybridized carbons (Fsp3) is 0.778. The number of hydrogen-bond acceptors (Lipinski definition) is 3. The Morgan fingerprint density at radius 1 is 1.43 bits per heavy atom. The van der Waals surface area contributed by atoms with Gasteiger partial charge in [0.05, 0.1) is 6.04 Å². The lowest BCUT2D eigenvalue weighted by Crippen LogP contribution is -2.30. The van der Waals surface area contributed by atoms with Gasteiger partial charge in [-0.1, -0.05) is 6.92 Å². The molecule has 0 spiro atoms. The lowest BCUT2D eigenvalue weighted by atomic mass is 10.0. The number of carbonyl (C=O) groups excluding carboxylic acids is 1. The van der Waals surface area contributed by atoms with E-state index < -0.39 is 0 Å². The fourth-order valence-electron chi connectivity index (χ4n) is 1.11. The van der Waals surface area contributed by atoms with E-state index in [0.29, 0.717) is 19.4 Å². The molecule has 0 aliphatic rings. The number of ketones is 1. The van der Waals surface area contributed by atoms with Crippen LogP contribution in [-0.4, -0.2) is 24.3 Å². The van der Waals surface area contributed by atoms with Gasteiger partial charge in [-0.15, -0.1) is 0 Å². The first-order valence-corrected chi connectivity index (χ1v) is 4.91. The van der Waals surface area contributed by atoms with Crippen LogP contribution >= 0.6 is 0 Å². The molecule has 0 aromatic heterocycles. The third-order valence-electron chi connectivity index (χ3n) is 1.88. The van der Waals surface area contributed by atoms with Crippen molar-refractivity contribution in [1.29, 1.82) is 0 Å². The Labute approximate surface area is 84.7 Å². The lowest BCUT2D eigenvalue weighted by molar-refractivity contribution is -0.120. The topological polar surface area (TPSA) is 107 Å². The summed E-state index contributed by atoms with van der Waals surface area (Å²) in [5.74, 6) is 0.204. The summed E-state index contributed by atoms with van der Waals surface area (Å²) in [5, 5.41) is 0. The molecule has 0 amide bonds. The van der Waals surface area contributed by atoms with Gasteiger partial charge in [0.1, 0.15) is 5.78 Å². The summed E-state index contributed by atoms with van der Waals surface area (Å²) >= 11 is 0. The summed E-state index contributed by atoms with van der Waals surface area (Å²) in [7, 11) is 0. The van der Waals surface area contributed by atoms with Gasteiger partial charge in [0.25, 0.3) is 0 Å². The molecule has 0 heterocycles. The second-order valence-electron chi connectivity index (χ2n) is 3.27. The van der Waals surface area contributed by atoms with Crippen molar-refractivity contribution in [1.82, 2.24) is 0 Å². The summed E-state index contributed by atoms with van der Waals surface area (Å²) < 4.78 is 0. The van der Waals surface area contributed by atoms with Gasteiger partial charge in [0, 0.05) is 13.0 Å². The third kappa shape index (κ3) is 6.42. The molecule has 0 rings (SSSR count). The zero-order chi connectivity index (χ0) is 11.0. The average molecular weight is 200 g/mol. The highest BCUT2D eigenvalue weighted by molar-refractivity contribution is 5.83. The molecule has 14 heavy (non-hydrogen) atoms. The van der Waals surface area contributed by atoms with E-state index >= 15 is 0 Å². The van der Waals surface area contributed by atoms with Crippen LogP contribution in [0.2, 0.25) is 0 Å². The number of nitrogens with two attached hydrogens (primary N) is 3. The molecular weight excluding hydrogens is 180 g/mol. The van der Waals surface area contributed by atoms with E-state index in [4.69, 9.17) is 17.2 Å². The molecule has 0 fully saturated rings. The molecule has 0 saturated carbocycles. The molecule has 0 aromatic rings. The Balaban J connectivity index is 3.58. The Bertz CT molecular complexity index is 199. The van der Waals surface area contributed by atoms with Crippen molar-refractivity contribution in [2.24, 2.45) is 22.2 Å². The lowest BCUT2D eigenvalue weighted by Gasteiger charge is -2.08. The number of Topliss-reactive ketones (excluding diaryl/α,β-unsaturated/α-hetero) is 1. The first-order chi connectivity index (χ1) is 6.57. The molecule has 0 saturated heterocycles. The second kappa shape index (κ2) is 7.32. The van der Waals surface area contributed by atoms with Gasteiger partial charge < -0.3 is 17.2 Å². The largest absolute Gasteiger partial charge is 0.370 e. The number of nitrogens with zero attached hydrogens (tertiary/aromatic N) is 1. The predicted molar refractivity (Wildman–Crippen MR) is 57.8 cm³/mol. The molecule has 5 heteroatoms. The van der Waals surface area contributed by atoms with E-state index in [9.17, 15) is 4.79 Å². The number of aliphatic imine (C=N–C) groups is 1. The van der Waals surface area contributed by atoms with Crippen molar-refractivity contribution in [3.63, 3.8) is 0 Å². The van der Waals surface area contributed by atoms with Crippen LogP contribution < -0.4 is 17.2 Å². The Morgan fingerprint density at radius 3 is 2.57 bits per heavy atom. The van der Waals surface area contributed by atoms with E-state index in [0.717, 1.165) is 12.8 Å². The van der Waals surface area contributed by atoms with E-state index in [-0.39, 0.29) is 17.8 Å². The van der Waals surface area contributed by atoms with Gasteiger partial charge in [0.2, 0.25) is 0 Å². The van der Waals surface area contributed by atoms with Crippen LogP contribution in [0, 0.1) is 0 Å². The van der Waals surface area contributed by atoms with Gasteiger partial charge in [-0.25, -0.2) is 0 Å². The minimum Gasteiger partial charge on any atom is -0.370 e. The Morgan fingerprint density at radius 2 is 2.07 bits per heavy atom. The highest BCUT2D eigenvalue weighted by atomic mass is 16.1. The molecule has 5 nitrogen and oxygen atoms in total. The first-order valence-electron chi connectivity index (χ1n) is 4.91. The van der Waals surface area contributed by atoms with Crippen LogP contribution in [0.25, 0.3) is 0 Å². The summed E-state index contributed by atoms with van der Waals surface area (Å²) in [6.07, 6.45) is 2.80. The van der Waals surface area contributed by atoms with Gasteiger partial charge in [-0.2, -0.15) is 0 Å². The summed E-state index contributed by atoms with van der Waals surface area (Å²) in [5.41, 5.74) is 16.0. The predicted octanol–water partition coefficient (Wildman–Crippen LogP) is -0.263. The van der Waals surface area contributed by atoms with E-state index in [1.165, 1.54) is 0 Å². The fourth-order valence-corrected chi connectivity index (χ4v) is 1.11. The summed E-state index contributed by atoms with van der Waals surface area (Å²) in [6, 6.07) is -0.357. The first kappa shape index (κ1) is 12.9. The Kier molecular flexibility index (Phi) is 6.74. The highest BCUT2D eigenvalue weighted by Crippen LogP contribution is 2.00. The average Bonchev–Trinajstić information content (AvgIpc) is 2.12. The second-order valence-corrected chi connectivity index (χ2v) is 3.27. The van der Waals surface area contributed by atoms with Crippen molar-refractivity contribution in [2.75, 3.05) is 6.54 Å². The molecule has 0 bridgehead atoms. The normalized spacial score (nSPS) is 12.1. The minimum absolute atomic E-state index is 0.0819. The van der Waals surface area contributed by atoms with Crippen LogP contribution in [0.5, 0.6) is 0 Å². The number of hydrogen-bond donors (Lipinski definition) is 3. The van der Waals surface area contributed by atoms with Gasteiger partial charge >= 0.3 is 0 Å². The van der Waals surface area contributed by atoms with Gasteiger partial charge in [-0.05, 0) is 19.3 Å². The molecule has 0 unspecified atom stereocenters. The molecule has 0 aliphatic heterocycles. The van der Waals surface area contributed by atoms with E-state index in [1.807, 2.05) is 6.92 Å². The van der Waals surface area contributed by atoms with Crippen molar-refractivity contribution < 1.29 is 4.79 Å². The van der Waals surface area contributed by atoms with Crippen LogP contribution in [-0.2, 0) is 4.79 Å². The molecule has 0 radical (unpaired) electrons. The maximum atomic E-state index is 11.3. The SMILES string of the molecule is CCCC(=O)[C@H](N)CCCN=C(N)N. The zero-order valence-electron chi connectivity index (χ0n) is 8.70. The van der Waals surface area contributed by atoms with Crippen molar-refractivity contribution in [3.8, 4) is 0 Å². The zero-order valence-corrected chi connectivity index (χ0v) is 8.70. The van der Waals surface area contributed by atoms with E-state index in [1.54, 1.807) is 0 Å². The number of rotatable bonds is 7. The quantitative estimate of drug-likeness (QED) is 0.299. The maximum absolute atomic E-state index is 11.3. The number of carbonyl (C=O) groups is 1. The van der Waals surface area contributed by atoms with Crippen LogP contribution in [0.1, 0.15) is 32.6 Å². The summed E-state index contributed by atoms with van der Waals surface area (Å²) in [4.78, 5) is 15.1. The van der Waals surface area contributed by atoms with Crippen molar-refractivity contribution in [2.45, 2.75) is 38.6 Å². The standard InChI is InChI=1S/C9H20N4O/c1-2-4-8(14)7(10)5-3-6-13-9(11)12/h7H,2-6,10H2,1H3,(H4,11,12,13)/t7-/m1/s1. The number of guanidine groups is 1. The highest BCUT2D eigenvalue weighted by Gasteiger charge is 2.10. The maximum Gasteiger partial charge on any atom is 0.185 e. The molecule has 82 valence electrons. The van der Waals surface area contributed by atoms with Crippen molar-refractivity contribution in [3.05, 3.63) is 0 Å². The molecule has 0 aliphatic carbocycles. The monoisotopic (exact) mass is 200 g/mol. The van der Waals surface area contributed by atoms with Gasteiger partial charge in [-0.3, -0.25) is 9.79 Å². The molecule has 0 aromatic carbocycles. The molecule has 1 atom stereocenters.